The van der Waals surface area contributed by atoms with Gasteiger partial charge < -0.3 is 14.7 Å². The molecule has 1 aromatic carbocycles. The molecular formula is C15H21NO2. The number of likely N-dealkylation sites (N-methyl/N-ethyl adjacent to an activating group) is 1. The number of nitrogens with zero attached hydrogens (tertiary/aromatic N) is 1. The van der Waals surface area contributed by atoms with E-state index in [9.17, 15) is 5.11 Å². The molecule has 98 valence electrons. The monoisotopic (exact) mass is 247 g/mol. The Morgan fingerprint density at radius 3 is 2.89 bits per heavy atom. The van der Waals surface area contributed by atoms with Crippen molar-refractivity contribution < 1.29 is 9.84 Å². The van der Waals surface area contributed by atoms with Crippen LogP contribution in [0.25, 0.3) is 0 Å². The van der Waals surface area contributed by atoms with Gasteiger partial charge in [0.2, 0.25) is 0 Å². The summed E-state index contributed by atoms with van der Waals surface area (Å²) < 4.78 is 5.36. The number of aliphatic hydroxyl groups is 1. The van der Waals surface area contributed by atoms with Gasteiger partial charge >= 0.3 is 0 Å². The average molecular weight is 247 g/mol. The Morgan fingerprint density at radius 2 is 2.11 bits per heavy atom. The first kappa shape index (κ1) is 12.0. The molecule has 0 radical (unpaired) electrons. The van der Waals surface area contributed by atoms with E-state index in [-0.39, 0.29) is 6.10 Å². The first-order chi connectivity index (χ1) is 8.75. The second-order valence-electron chi connectivity index (χ2n) is 5.45. The first-order valence-electron chi connectivity index (χ1n) is 6.85. The maximum absolute atomic E-state index is 10.5. The van der Waals surface area contributed by atoms with Crippen LogP contribution in [-0.4, -0.2) is 31.9 Å². The van der Waals surface area contributed by atoms with Gasteiger partial charge in [-0.3, -0.25) is 0 Å². The molecular weight excluding hydrogens is 226 g/mol. The van der Waals surface area contributed by atoms with Crippen LogP contribution < -0.4 is 4.90 Å². The van der Waals surface area contributed by atoms with E-state index in [1.807, 2.05) is 0 Å². The van der Waals surface area contributed by atoms with Crippen molar-refractivity contribution in [2.75, 3.05) is 31.7 Å². The molecule has 3 nitrogen and oxygen atoms in total. The van der Waals surface area contributed by atoms with Gasteiger partial charge in [-0.1, -0.05) is 12.1 Å². The molecule has 0 aromatic heterocycles. The molecule has 1 fully saturated rings. The molecule has 2 aliphatic heterocycles. The van der Waals surface area contributed by atoms with Crippen molar-refractivity contribution in [1.29, 1.82) is 0 Å². The van der Waals surface area contributed by atoms with Gasteiger partial charge in [-0.25, -0.2) is 0 Å². The molecule has 1 atom stereocenters. The molecule has 0 amide bonds. The third kappa shape index (κ3) is 2.13. The zero-order valence-corrected chi connectivity index (χ0v) is 10.9. The van der Waals surface area contributed by atoms with Gasteiger partial charge in [0, 0.05) is 32.5 Å². The molecule has 0 bridgehead atoms. The fourth-order valence-electron chi connectivity index (χ4n) is 3.07. The fourth-order valence-corrected chi connectivity index (χ4v) is 3.07. The molecule has 1 saturated heterocycles. The molecule has 1 aromatic rings. The smallest absolute Gasteiger partial charge is 0.0820 e. The van der Waals surface area contributed by atoms with Crippen LogP contribution in [0.3, 0.4) is 0 Å². The third-order valence-electron chi connectivity index (χ3n) is 4.29. The van der Waals surface area contributed by atoms with Gasteiger partial charge in [0.05, 0.1) is 6.10 Å². The summed E-state index contributed by atoms with van der Waals surface area (Å²) in [5.41, 5.74) is 3.77. The summed E-state index contributed by atoms with van der Waals surface area (Å²) in [4.78, 5) is 2.28. The number of rotatable bonds is 2. The van der Waals surface area contributed by atoms with Crippen molar-refractivity contribution in [3.8, 4) is 0 Å². The van der Waals surface area contributed by atoms with E-state index >= 15 is 0 Å². The van der Waals surface area contributed by atoms with Crippen LogP contribution in [0, 0.1) is 5.92 Å². The predicted octanol–water partition coefficient (Wildman–Crippen LogP) is 2.14. The zero-order chi connectivity index (χ0) is 12.5. The van der Waals surface area contributed by atoms with Crippen molar-refractivity contribution in [1.82, 2.24) is 0 Å². The minimum Gasteiger partial charge on any atom is -0.388 e. The van der Waals surface area contributed by atoms with Crippen molar-refractivity contribution in [2.45, 2.75) is 25.4 Å². The van der Waals surface area contributed by atoms with E-state index in [4.69, 9.17) is 4.74 Å². The average Bonchev–Trinajstić information content (AvgIpc) is 2.80. The topological polar surface area (TPSA) is 32.7 Å². The van der Waals surface area contributed by atoms with E-state index in [1.165, 1.54) is 11.3 Å². The summed E-state index contributed by atoms with van der Waals surface area (Å²) in [6.07, 6.45) is 2.71. The van der Waals surface area contributed by atoms with Crippen LogP contribution in [0.4, 0.5) is 5.69 Å². The molecule has 0 spiro atoms. The van der Waals surface area contributed by atoms with Crippen LogP contribution in [0.1, 0.15) is 30.1 Å². The molecule has 2 aliphatic rings. The lowest BCUT2D eigenvalue weighted by Gasteiger charge is -2.27. The van der Waals surface area contributed by atoms with Gasteiger partial charge in [0.15, 0.2) is 0 Å². The number of benzene rings is 1. The van der Waals surface area contributed by atoms with Gasteiger partial charge in [-0.2, -0.15) is 0 Å². The number of aliphatic hydroxyl groups excluding tert-OH is 1. The summed E-state index contributed by atoms with van der Waals surface area (Å²) in [6, 6.07) is 6.43. The number of hydrogen-bond donors (Lipinski definition) is 1. The SMILES string of the molecule is CN1CCc2cc(C(O)C3CCOCC3)ccc21. The minimum atomic E-state index is -0.329. The Hall–Kier alpha value is -1.06. The van der Waals surface area contributed by atoms with Crippen LogP contribution in [0.5, 0.6) is 0 Å². The van der Waals surface area contributed by atoms with E-state index in [0.29, 0.717) is 5.92 Å². The molecule has 18 heavy (non-hydrogen) atoms. The Balaban J connectivity index is 1.79. The van der Waals surface area contributed by atoms with Crippen molar-refractivity contribution in [3.63, 3.8) is 0 Å². The van der Waals surface area contributed by atoms with Crippen molar-refractivity contribution in [2.24, 2.45) is 5.92 Å². The fraction of sp³-hybridized carbons (Fsp3) is 0.600. The highest BCUT2D eigenvalue weighted by Gasteiger charge is 2.25. The Labute approximate surface area is 108 Å². The Morgan fingerprint density at radius 1 is 1.33 bits per heavy atom. The minimum absolute atomic E-state index is 0.329. The van der Waals surface area contributed by atoms with Crippen LogP contribution in [0.15, 0.2) is 18.2 Å². The van der Waals surface area contributed by atoms with Crippen LogP contribution in [-0.2, 0) is 11.2 Å². The molecule has 1 N–H and O–H groups in total. The lowest BCUT2D eigenvalue weighted by molar-refractivity contribution is 0.00717. The second-order valence-corrected chi connectivity index (χ2v) is 5.45. The molecule has 0 aliphatic carbocycles. The van der Waals surface area contributed by atoms with E-state index in [0.717, 1.165) is 44.6 Å². The number of fused-ring (bicyclic) bond motifs is 1. The maximum atomic E-state index is 10.5. The largest absolute Gasteiger partial charge is 0.388 e. The summed E-state index contributed by atoms with van der Waals surface area (Å²) >= 11 is 0. The Kier molecular flexibility index (Phi) is 3.27. The highest BCUT2D eigenvalue weighted by atomic mass is 16.5. The van der Waals surface area contributed by atoms with Gasteiger partial charge in [0.1, 0.15) is 0 Å². The third-order valence-corrected chi connectivity index (χ3v) is 4.29. The van der Waals surface area contributed by atoms with Crippen molar-refractivity contribution >= 4 is 5.69 Å². The summed E-state index contributed by atoms with van der Waals surface area (Å²) in [6.45, 7) is 2.66. The summed E-state index contributed by atoms with van der Waals surface area (Å²) in [7, 11) is 2.13. The van der Waals surface area contributed by atoms with E-state index < -0.39 is 0 Å². The highest BCUT2D eigenvalue weighted by molar-refractivity contribution is 5.58. The molecule has 1 unspecified atom stereocenters. The van der Waals surface area contributed by atoms with Gasteiger partial charge in [-0.15, -0.1) is 0 Å². The lowest BCUT2D eigenvalue weighted by Crippen LogP contribution is -2.22. The molecule has 3 heteroatoms. The predicted molar refractivity (Wildman–Crippen MR) is 71.9 cm³/mol. The number of hydrogen-bond acceptors (Lipinski definition) is 3. The molecule has 2 heterocycles. The second kappa shape index (κ2) is 4.90. The van der Waals surface area contributed by atoms with Gasteiger partial charge in [0.25, 0.3) is 0 Å². The highest BCUT2D eigenvalue weighted by Crippen LogP contribution is 2.34. The van der Waals surface area contributed by atoms with E-state index in [2.05, 4.69) is 30.1 Å². The van der Waals surface area contributed by atoms with E-state index in [1.54, 1.807) is 0 Å². The van der Waals surface area contributed by atoms with Crippen LogP contribution in [0.2, 0.25) is 0 Å². The molecule has 3 rings (SSSR count). The standard InChI is InChI=1S/C15H21NO2/c1-16-7-4-12-10-13(2-3-14(12)16)15(17)11-5-8-18-9-6-11/h2-3,10-11,15,17H,4-9H2,1H3. The summed E-state index contributed by atoms with van der Waals surface area (Å²) in [5, 5.41) is 10.5. The number of anilines is 1. The maximum Gasteiger partial charge on any atom is 0.0820 e. The Bertz CT molecular complexity index is 427. The molecule has 0 saturated carbocycles. The van der Waals surface area contributed by atoms with Crippen molar-refractivity contribution in [3.05, 3.63) is 29.3 Å². The summed E-state index contributed by atoms with van der Waals surface area (Å²) in [5.74, 6) is 0.357. The van der Waals surface area contributed by atoms with Gasteiger partial charge in [-0.05, 0) is 42.4 Å². The zero-order valence-electron chi connectivity index (χ0n) is 10.9. The van der Waals surface area contributed by atoms with Crippen LogP contribution >= 0.6 is 0 Å². The lowest BCUT2D eigenvalue weighted by atomic mass is 9.88. The number of ether oxygens (including phenoxy) is 1. The normalized spacial score (nSPS) is 22.0. The quantitative estimate of drug-likeness (QED) is 0.869. The first-order valence-corrected chi connectivity index (χ1v) is 6.85.